The lowest BCUT2D eigenvalue weighted by Crippen LogP contribution is -2.16. The van der Waals surface area contributed by atoms with Crippen LogP contribution >= 0.6 is 0 Å². The number of nitrogens with one attached hydrogen (secondary N) is 1. The number of carbonyl (C=O) groups is 1. The molecular formula is C18H19F3N6O. The summed E-state index contributed by atoms with van der Waals surface area (Å²) in [5, 5.41) is 6.61. The minimum absolute atomic E-state index is 0.0607. The van der Waals surface area contributed by atoms with Crippen molar-refractivity contribution in [1.29, 1.82) is 0 Å². The quantitative estimate of drug-likeness (QED) is 0.696. The Morgan fingerprint density at radius 2 is 2.00 bits per heavy atom. The molecule has 0 spiro atoms. The molecule has 0 radical (unpaired) electrons. The van der Waals surface area contributed by atoms with Crippen molar-refractivity contribution in [3.63, 3.8) is 0 Å². The number of amides is 1. The molecule has 1 aromatic carbocycles. The van der Waals surface area contributed by atoms with Crippen LogP contribution in [-0.4, -0.2) is 25.5 Å². The van der Waals surface area contributed by atoms with Crippen molar-refractivity contribution in [2.24, 2.45) is 5.73 Å². The summed E-state index contributed by atoms with van der Waals surface area (Å²) >= 11 is 0. The highest BCUT2D eigenvalue weighted by Gasteiger charge is 2.31. The Kier molecular flexibility index (Phi) is 5.32. The molecule has 28 heavy (non-hydrogen) atoms. The molecule has 0 aliphatic carbocycles. The third kappa shape index (κ3) is 4.11. The molecule has 2 aromatic heterocycles. The molecule has 0 atom stereocenters. The SMILES string of the molecule is Cc1nc2ncnn2c(C)c1CCC(=O)Nc1cc(CN)cc(C(F)(F)F)c1. The molecule has 0 bridgehead atoms. The maximum absolute atomic E-state index is 13.0. The van der Waals surface area contributed by atoms with Crippen molar-refractivity contribution >= 4 is 17.4 Å². The zero-order valence-corrected chi connectivity index (χ0v) is 15.3. The van der Waals surface area contributed by atoms with Gasteiger partial charge >= 0.3 is 6.18 Å². The average molecular weight is 392 g/mol. The van der Waals surface area contributed by atoms with Crippen LogP contribution in [0.1, 0.15) is 34.5 Å². The highest BCUT2D eigenvalue weighted by atomic mass is 19.4. The summed E-state index contributed by atoms with van der Waals surface area (Å²) in [7, 11) is 0. The van der Waals surface area contributed by atoms with E-state index >= 15 is 0 Å². The summed E-state index contributed by atoms with van der Waals surface area (Å²) in [6.45, 7) is 3.61. The molecule has 3 rings (SSSR count). The van der Waals surface area contributed by atoms with Gasteiger partial charge in [0.2, 0.25) is 5.91 Å². The lowest BCUT2D eigenvalue weighted by molar-refractivity contribution is -0.137. The summed E-state index contributed by atoms with van der Waals surface area (Å²) in [6, 6.07) is 3.31. The number of fused-ring (bicyclic) bond motifs is 1. The van der Waals surface area contributed by atoms with Gasteiger partial charge in [0.15, 0.2) is 0 Å². The second-order valence-corrected chi connectivity index (χ2v) is 6.40. The predicted octanol–water partition coefficient (Wildman–Crippen LogP) is 2.79. The Labute approximate surface area is 158 Å². The number of alkyl halides is 3. The number of rotatable bonds is 5. The zero-order chi connectivity index (χ0) is 20.5. The lowest BCUT2D eigenvalue weighted by Gasteiger charge is -2.13. The van der Waals surface area contributed by atoms with Gasteiger partial charge < -0.3 is 11.1 Å². The first-order valence-corrected chi connectivity index (χ1v) is 8.56. The van der Waals surface area contributed by atoms with E-state index in [0.29, 0.717) is 12.2 Å². The van der Waals surface area contributed by atoms with Crippen LogP contribution in [0.3, 0.4) is 0 Å². The van der Waals surface area contributed by atoms with E-state index in [9.17, 15) is 18.0 Å². The van der Waals surface area contributed by atoms with E-state index in [2.05, 4.69) is 20.4 Å². The van der Waals surface area contributed by atoms with E-state index in [1.54, 1.807) is 4.52 Å². The van der Waals surface area contributed by atoms with Crippen LogP contribution in [0.5, 0.6) is 0 Å². The third-order valence-electron chi connectivity index (χ3n) is 4.43. The number of anilines is 1. The molecule has 3 N–H and O–H groups in total. The molecule has 0 saturated carbocycles. The maximum Gasteiger partial charge on any atom is 0.416 e. The van der Waals surface area contributed by atoms with Crippen molar-refractivity contribution in [2.75, 3.05) is 5.32 Å². The van der Waals surface area contributed by atoms with Crippen LogP contribution in [0.15, 0.2) is 24.5 Å². The van der Waals surface area contributed by atoms with Gasteiger partial charge in [-0.2, -0.15) is 23.3 Å². The number of aromatic nitrogens is 4. The van der Waals surface area contributed by atoms with Gasteiger partial charge in [0, 0.05) is 30.0 Å². The van der Waals surface area contributed by atoms with Gasteiger partial charge in [0.05, 0.1) is 5.56 Å². The summed E-state index contributed by atoms with van der Waals surface area (Å²) in [5.41, 5.74) is 7.37. The van der Waals surface area contributed by atoms with E-state index in [0.717, 1.165) is 29.1 Å². The Morgan fingerprint density at radius 3 is 2.68 bits per heavy atom. The van der Waals surface area contributed by atoms with Crippen LogP contribution in [0.4, 0.5) is 18.9 Å². The van der Waals surface area contributed by atoms with E-state index in [-0.39, 0.29) is 24.2 Å². The molecule has 0 aliphatic heterocycles. The summed E-state index contributed by atoms with van der Waals surface area (Å²) < 4.78 is 40.6. The Balaban J connectivity index is 1.75. The first-order chi connectivity index (χ1) is 13.2. The van der Waals surface area contributed by atoms with Crippen molar-refractivity contribution in [2.45, 2.75) is 39.4 Å². The molecule has 7 nitrogen and oxygen atoms in total. The largest absolute Gasteiger partial charge is 0.416 e. The second-order valence-electron chi connectivity index (χ2n) is 6.40. The van der Waals surface area contributed by atoms with E-state index in [4.69, 9.17) is 5.73 Å². The monoisotopic (exact) mass is 392 g/mol. The summed E-state index contributed by atoms with van der Waals surface area (Å²) in [4.78, 5) is 20.7. The van der Waals surface area contributed by atoms with Crippen LogP contribution in [0.25, 0.3) is 5.78 Å². The molecule has 3 aromatic rings. The van der Waals surface area contributed by atoms with Crippen molar-refractivity contribution in [3.05, 3.63) is 52.6 Å². The van der Waals surface area contributed by atoms with Gasteiger partial charge in [-0.3, -0.25) is 4.79 Å². The highest BCUT2D eigenvalue weighted by Crippen LogP contribution is 2.32. The first-order valence-electron chi connectivity index (χ1n) is 8.56. The van der Waals surface area contributed by atoms with Crippen molar-refractivity contribution in [3.8, 4) is 0 Å². The zero-order valence-electron chi connectivity index (χ0n) is 15.3. The number of benzene rings is 1. The van der Waals surface area contributed by atoms with Gasteiger partial charge in [0.25, 0.3) is 5.78 Å². The Hall–Kier alpha value is -3.01. The Bertz CT molecular complexity index is 1030. The van der Waals surface area contributed by atoms with Gasteiger partial charge in [-0.05, 0) is 49.6 Å². The molecule has 1 amide bonds. The number of hydrogen-bond donors (Lipinski definition) is 2. The van der Waals surface area contributed by atoms with Crippen molar-refractivity contribution < 1.29 is 18.0 Å². The topological polar surface area (TPSA) is 98.2 Å². The maximum atomic E-state index is 13.0. The first kappa shape index (κ1) is 19.7. The normalized spacial score (nSPS) is 11.8. The standard InChI is InChI=1S/C18H19F3N6O/c1-10-15(11(2)27-17(25-10)23-9-24-27)3-4-16(28)26-14-6-12(8-22)5-13(7-14)18(19,20)21/h5-7,9H,3-4,8,22H2,1-2H3,(H,26,28). The number of nitrogens with zero attached hydrogens (tertiary/aromatic N) is 4. The predicted molar refractivity (Wildman–Crippen MR) is 96.5 cm³/mol. The van der Waals surface area contributed by atoms with Crippen LogP contribution in [0, 0.1) is 13.8 Å². The molecule has 0 fully saturated rings. The summed E-state index contributed by atoms with van der Waals surface area (Å²) in [5.74, 6) is 0.0706. The number of hydrogen-bond acceptors (Lipinski definition) is 5. The molecule has 2 heterocycles. The van der Waals surface area contributed by atoms with Gasteiger partial charge in [0.1, 0.15) is 6.33 Å². The molecule has 0 unspecified atom stereocenters. The fraction of sp³-hybridized carbons (Fsp3) is 0.333. The highest BCUT2D eigenvalue weighted by molar-refractivity contribution is 5.91. The average Bonchev–Trinajstić information content (AvgIpc) is 3.09. The number of nitrogens with two attached hydrogens (primary N) is 1. The molecule has 10 heteroatoms. The van der Waals surface area contributed by atoms with Crippen LogP contribution in [0.2, 0.25) is 0 Å². The molecule has 148 valence electrons. The number of carbonyl (C=O) groups excluding carboxylic acids is 1. The fourth-order valence-electron chi connectivity index (χ4n) is 3.02. The Morgan fingerprint density at radius 1 is 1.25 bits per heavy atom. The van der Waals surface area contributed by atoms with E-state index in [1.165, 1.54) is 12.4 Å². The fourth-order valence-corrected chi connectivity index (χ4v) is 3.02. The van der Waals surface area contributed by atoms with Gasteiger partial charge in [-0.15, -0.1) is 0 Å². The number of halogens is 3. The molecule has 0 aliphatic rings. The smallest absolute Gasteiger partial charge is 0.326 e. The second kappa shape index (κ2) is 7.55. The number of aryl methyl sites for hydroxylation is 2. The molecule has 0 saturated heterocycles. The summed E-state index contributed by atoms with van der Waals surface area (Å²) in [6.07, 6.45) is -2.67. The third-order valence-corrected chi connectivity index (χ3v) is 4.43. The lowest BCUT2D eigenvalue weighted by atomic mass is 10.1. The van der Waals surface area contributed by atoms with E-state index < -0.39 is 17.6 Å². The van der Waals surface area contributed by atoms with E-state index in [1.807, 2.05) is 13.8 Å². The van der Waals surface area contributed by atoms with Crippen LogP contribution < -0.4 is 11.1 Å². The van der Waals surface area contributed by atoms with Crippen LogP contribution in [-0.2, 0) is 23.9 Å². The van der Waals surface area contributed by atoms with Gasteiger partial charge in [-0.1, -0.05) is 0 Å². The van der Waals surface area contributed by atoms with Gasteiger partial charge in [-0.25, -0.2) is 9.50 Å². The van der Waals surface area contributed by atoms with Crippen molar-refractivity contribution in [1.82, 2.24) is 19.6 Å². The minimum atomic E-state index is -4.52. The minimum Gasteiger partial charge on any atom is -0.326 e. The molecular weight excluding hydrogens is 373 g/mol.